The predicted molar refractivity (Wildman–Crippen MR) is 74.6 cm³/mol. The van der Waals surface area contributed by atoms with Crippen LogP contribution in [0.5, 0.6) is 0 Å². The van der Waals surface area contributed by atoms with Crippen molar-refractivity contribution in [2.24, 2.45) is 5.92 Å². The maximum atomic E-state index is 13.0. The number of carbonyl (C=O) groups excluding carboxylic acids is 1. The molecule has 0 N–H and O–H groups in total. The molecule has 0 atom stereocenters. The van der Waals surface area contributed by atoms with Crippen molar-refractivity contribution in [2.45, 2.75) is 38.5 Å². The molecule has 0 amide bonds. The van der Waals surface area contributed by atoms with E-state index in [2.05, 4.69) is 0 Å². The van der Waals surface area contributed by atoms with Crippen molar-refractivity contribution < 1.29 is 9.18 Å². The molecule has 0 radical (unpaired) electrons. The Morgan fingerprint density at radius 1 is 1.18 bits per heavy atom. The highest BCUT2D eigenvalue weighted by molar-refractivity contribution is 14.1. The van der Waals surface area contributed by atoms with Crippen LogP contribution in [0.4, 0.5) is 4.39 Å². The summed E-state index contributed by atoms with van der Waals surface area (Å²) in [7, 11) is 0. The molecular weight excluding hydrogens is 330 g/mol. The molecule has 0 saturated heterocycles. The summed E-state index contributed by atoms with van der Waals surface area (Å²) in [5, 5.41) is 0. The maximum absolute atomic E-state index is 13.0. The number of Topliss-reactive ketones (excluding diaryl/α,β-unsaturated/α-hetero) is 1. The summed E-state index contributed by atoms with van der Waals surface area (Å²) in [6.07, 6.45) is 6.76. The number of ketones is 1. The second-order valence-electron chi connectivity index (χ2n) is 4.68. The molecule has 0 aromatic heterocycles. The van der Waals surface area contributed by atoms with Crippen LogP contribution >= 0.6 is 22.6 Å². The lowest BCUT2D eigenvalue weighted by atomic mass is 9.91. The fourth-order valence-corrected chi connectivity index (χ4v) is 3.19. The second-order valence-corrected chi connectivity index (χ2v) is 5.84. The molecule has 1 aromatic carbocycles. The van der Waals surface area contributed by atoms with E-state index in [4.69, 9.17) is 0 Å². The fraction of sp³-hybridized carbons (Fsp3) is 0.500. The first-order chi connectivity index (χ1) is 8.18. The van der Waals surface area contributed by atoms with Crippen molar-refractivity contribution in [1.82, 2.24) is 0 Å². The van der Waals surface area contributed by atoms with Gasteiger partial charge in [0.25, 0.3) is 0 Å². The molecule has 0 aliphatic heterocycles. The van der Waals surface area contributed by atoms with Crippen LogP contribution in [0.2, 0.25) is 0 Å². The summed E-state index contributed by atoms with van der Waals surface area (Å²) in [6.45, 7) is 0. The number of halogens is 2. The SMILES string of the molecule is O=C(c1ccc(F)cc1I)C1CCCCCC1. The molecule has 0 heterocycles. The summed E-state index contributed by atoms with van der Waals surface area (Å²) in [6, 6.07) is 4.45. The van der Waals surface area contributed by atoms with Crippen LogP contribution in [0.25, 0.3) is 0 Å². The van der Waals surface area contributed by atoms with Crippen molar-refractivity contribution in [3.63, 3.8) is 0 Å². The molecule has 92 valence electrons. The lowest BCUT2D eigenvalue weighted by Crippen LogP contribution is -2.15. The average Bonchev–Trinajstić information content (AvgIpc) is 2.56. The Labute approximate surface area is 115 Å². The van der Waals surface area contributed by atoms with Gasteiger partial charge < -0.3 is 0 Å². The minimum atomic E-state index is -0.271. The number of hydrogen-bond acceptors (Lipinski definition) is 1. The minimum Gasteiger partial charge on any atom is -0.294 e. The molecule has 1 nitrogen and oxygen atoms in total. The van der Waals surface area contributed by atoms with Gasteiger partial charge in [0.15, 0.2) is 5.78 Å². The Morgan fingerprint density at radius 3 is 2.41 bits per heavy atom. The predicted octanol–water partition coefficient (Wildman–Crippen LogP) is 4.58. The standard InChI is InChI=1S/C14H16FIO/c15-11-7-8-12(13(16)9-11)14(17)10-5-3-1-2-4-6-10/h7-10H,1-6H2. The van der Waals surface area contributed by atoms with Crippen molar-refractivity contribution in [3.05, 3.63) is 33.1 Å². The average molecular weight is 346 g/mol. The van der Waals surface area contributed by atoms with Crippen LogP contribution < -0.4 is 0 Å². The molecule has 0 unspecified atom stereocenters. The van der Waals surface area contributed by atoms with Crippen LogP contribution in [-0.4, -0.2) is 5.78 Å². The molecule has 1 aliphatic carbocycles. The lowest BCUT2D eigenvalue weighted by Gasteiger charge is -2.13. The number of benzene rings is 1. The van der Waals surface area contributed by atoms with E-state index in [1.165, 1.54) is 25.0 Å². The van der Waals surface area contributed by atoms with Gasteiger partial charge in [0.05, 0.1) is 0 Å². The van der Waals surface area contributed by atoms with E-state index in [-0.39, 0.29) is 17.5 Å². The monoisotopic (exact) mass is 346 g/mol. The molecule has 0 bridgehead atoms. The van der Waals surface area contributed by atoms with Gasteiger partial charge in [-0.2, -0.15) is 0 Å². The van der Waals surface area contributed by atoms with Gasteiger partial charge in [0, 0.05) is 15.1 Å². The first-order valence-corrected chi connectivity index (χ1v) is 7.25. The third-order valence-corrected chi connectivity index (χ3v) is 4.32. The third-order valence-electron chi connectivity index (χ3n) is 3.42. The number of rotatable bonds is 2. The van der Waals surface area contributed by atoms with Gasteiger partial charge in [-0.05, 0) is 53.6 Å². The Balaban J connectivity index is 2.17. The van der Waals surface area contributed by atoms with Gasteiger partial charge in [-0.25, -0.2) is 4.39 Å². The Kier molecular flexibility index (Phi) is 4.54. The van der Waals surface area contributed by atoms with Gasteiger partial charge in [-0.15, -0.1) is 0 Å². The Morgan fingerprint density at radius 2 is 1.82 bits per heavy atom. The van der Waals surface area contributed by atoms with E-state index in [1.807, 2.05) is 22.6 Å². The maximum Gasteiger partial charge on any atom is 0.167 e. The summed E-state index contributed by atoms with van der Waals surface area (Å²) in [5.74, 6) is 0.0830. The van der Waals surface area contributed by atoms with Crippen molar-refractivity contribution in [1.29, 1.82) is 0 Å². The zero-order valence-electron chi connectivity index (χ0n) is 9.72. The van der Waals surface area contributed by atoms with Crippen molar-refractivity contribution >= 4 is 28.4 Å². The zero-order chi connectivity index (χ0) is 12.3. The Hall–Kier alpha value is -0.450. The molecule has 1 saturated carbocycles. The molecule has 1 aromatic rings. The quantitative estimate of drug-likeness (QED) is 0.435. The van der Waals surface area contributed by atoms with Crippen LogP contribution in [-0.2, 0) is 0 Å². The highest BCUT2D eigenvalue weighted by Gasteiger charge is 2.22. The first kappa shape index (κ1) is 13.0. The molecule has 1 aliphatic rings. The molecular formula is C14H16FIO. The molecule has 2 rings (SSSR count). The number of carbonyl (C=O) groups is 1. The van der Waals surface area contributed by atoms with Crippen LogP contribution in [0.3, 0.4) is 0 Å². The smallest absolute Gasteiger partial charge is 0.167 e. The van der Waals surface area contributed by atoms with Crippen LogP contribution in [0.15, 0.2) is 18.2 Å². The summed E-state index contributed by atoms with van der Waals surface area (Å²) in [4.78, 5) is 12.4. The summed E-state index contributed by atoms with van der Waals surface area (Å²) >= 11 is 2.05. The molecule has 17 heavy (non-hydrogen) atoms. The summed E-state index contributed by atoms with van der Waals surface area (Å²) in [5.41, 5.74) is 0.693. The zero-order valence-corrected chi connectivity index (χ0v) is 11.9. The Bertz CT molecular complexity index is 409. The normalized spacial score (nSPS) is 17.8. The molecule has 3 heteroatoms. The largest absolute Gasteiger partial charge is 0.294 e. The van der Waals surface area contributed by atoms with Crippen LogP contribution in [0, 0.1) is 15.3 Å². The van der Waals surface area contributed by atoms with Gasteiger partial charge in [0.2, 0.25) is 0 Å². The van der Waals surface area contributed by atoms with Gasteiger partial charge in [-0.1, -0.05) is 25.7 Å². The van der Waals surface area contributed by atoms with E-state index >= 15 is 0 Å². The van der Waals surface area contributed by atoms with Gasteiger partial charge in [0.1, 0.15) is 5.82 Å². The van der Waals surface area contributed by atoms with Crippen molar-refractivity contribution in [3.8, 4) is 0 Å². The number of hydrogen-bond donors (Lipinski definition) is 0. The topological polar surface area (TPSA) is 17.1 Å². The van der Waals surface area contributed by atoms with E-state index in [0.29, 0.717) is 5.56 Å². The van der Waals surface area contributed by atoms with Crippen LogP contribution in [0.1, 0.15) is 48.9 Å². The molecule has 1 fully saturated rings. The highest BCUT2D eigenvalue weighted by Crippen LogP contribution is 2.27. The van der Waals surface area contributed by atoms with Gasteiger partial charge >= 0.3 is 0 Å². The molecule has 0 spiro atoms. The van der Waals surface area contributed by atoms with E-state index in [1.54, 1.807) is 6.07 Å². The highest BCUT2D eigenvalue weighted by atomic mass is 127. The van der Waals surface area contributed by atoms with E-state index in [0.717, 1.165) is 29.3 Å². The van der Waals surface area contributed by atoms with Crippen molar-refractivity contribution in [2.75, 3.05) is 0 Å². The lowest BCUT2D eigenvalue weighted by molar-refractivity contribution is 0.0907. The van der Waals surface area contributed by atoms with E-state index in [9.17, 15) is 9.18 Å². The third kappa shape index (κ3) is 3.27. The van der Waals surface area contributed by atoms with Gasteiger partial charge in [-0.3, -0.25) is 4.79 Å². The fourth-order valence-electron chi connectivity index (χ4n) is 2.45. The van der Waals surface area contributed by atoms with E-state index < -0.39 is 0 Å². The second kappa shape index (κ2) is 5.94. The minimum absolute atomic E-state index is 0.150. The summed E-state index contributed by atoms with van der Waals surface area (Å²) < 4.78 is 13.7. The first-order valence-electron chi connectivity index (χ1n) is 6.18.